The van der Waals surface area contributed by atoms with Gasteiger partial charge in [0.2, 0.25) is 5.91 Å². The summed E-state index contributed by atoms with van der Waals surface area (Å²) < 4.78 is 47.3. The standard InChI is InChI=1S/C15H12FN3O5S/c16-10-3-5-11(6-4-10)25(21,22)9-7-13(20)17-15-19-18-14(24-15)12-2-1-8-23-12/h1-6,8H,7,9H2,(H,17,19,20). The first-order valence-corrected chi connectivity index (χ1v) is 8.75. The number of benzene rings is 1. The third-order valence-electron chi connectivity index (χ3n) is 3.17. The van der Waals surface area contributed by atoms with Gasteiger partial charge in [0.15, 0.2) is 15.6 Å². The van der Waals surface area contributed by atoms with Crippen molar-refractivity contribution in [1.82, 2.24) is 10.2 Å². The Labute approximate surface area is 141 Å². The Morgan fingerprint density at radius 2 is 1.92 bits per heavy atom. The van der Waals surface area contributed by atoms with Crippen LogP contribution in [0.2, 0.25) is 0 Å². The third kappa shape index (κ3) is 4.10. The largest absolute Gasteiger partial charge is 0.459 e. The average Bonchev–Trinajstić information content (AvgIpc) is 3.25. The second kappa shape index (κ2) is 6.85. The molecule has 0 aliphatic carbocycles. The molecule has 2 heterocycles. The number of carbonyl (C=O) groups excluding carboxylic acids is 1. The summed E-state index contributed by atoms with van der Waals surface area (Å²) in [5, 5.41) is 9.63. The first-order valence-electron chi connectivity index (χ1n) is 7.09. The van der Waals surface area contributed by atoms with Crippen LogP contribution in [0.4, 0.5) is 10.4 Å². The number of rotatable bonds is 6. The molecule has 1 aromatic carbocycles. The molecule has 25 heavy (non-hydrogen) atoms. The molecular formula is C15H12FN3O5S. The van der Waals surface area contributed by atoms with E-state index < -0.39 is 27.3 Å². The van der Waals surface area contributed by atoms with Gasteiger partial charge in [-0.3, -0.25) is 10.1 Å². The van der Waals surface area contributed by atoms with E-state index in [2.05, 4.69) is 15.5 Å². The second-order valence-corrected chi connectivity index (χ2v) is 7.07. The van der Waals surface area contributed by atoms with Crippen LogP contribution in [0.1, 0.15) is 6.42 Å². The van der Waals surface area contributed by atoms with Crippen molar-refractivity contribution in [2.24, 2.45) is 0 Å². The van der Waals surface area contributed by atoms with Crippen LogP contribution in [0.5, 0.6) is 0 Å². The molecule has 0 spiro atoms. The van der Waals surface area contributed by atoms with Crippen LogP contribution in [0.25, 0.3) is 11.7 Å². The van der Waals surface area contributed by atoms with Gasteiger partial charge < -0.3 is 8.83 Å². The number of hydrogen-bond donors (Lipinski definition) is 1. The van der Waals surface area contributed by atoms with Crippen LogP contribution in [0.15, 0.2) is 56.4 Å². The lowest BCUT2D eigenvalue weighted by Crippen LogP contribution is -2.17. The monoisotopic (exact) mass is 365 g/mol. The Hall–Kier alpha value is -3.01. The highest BCUT2D eigenvalue weighted by Gasteiger charge is 2.18. The number of hydrogen-bond acceptors (Lipinski definition) is 7. The highest BCUT2D eigenvalue weighted by atomic mass is 32.2. The summed E-state index contributed by atoms with van der Waals surface area (Å²) in [6.45, 7) is 0. The fourth-order valence-electron chi connectivity index (χ4n) is 1.94. The van der Waals surface area contributed by atoms with E-state index in [0.717, 1.165) is 24.3 Å². The van der Waals surface area contributed by atoms with Gasteiger partial charge >= 0.3 is 6.01 Å². The third-order valence-corrected chi connectivity index (χ3v) is 4.91. The quantitative estimate of drug-likeness (QED) is 0.666. The van der Waals surface area contributed by atoms with Gasteiger partial charge in [0.1, 0.15) is 5.82 Å². The normalized spacial score (nSPS) is 11.4. The fourth-order valence-corrected chi connectivity index (χ4v) is 3.18. The zero-order valence-electron chi connectivity index (χ0n) is 12.7. The highest BCUT2D eigenvalue weighted by molar-refractivity contribution is 7.91. The molecule has 0 saturated heterocycles. The number of carbonyl (C=O) groups is 1. The molecule has 0 bridgehead atoms. The molecule has 0 saturated carbocycles. The molecule has 1 N–H and O–H groups in total. The summed E-state index contributed by atoms with van der Waals surface area (Å²) >= 11 is 0. The Kier molecular flexibility index (Phi) is 4.61. The topological polar surface area (TPSA) is 115 Å². The Morgan fingerprint density at radius 3 is 2.60 bits per heavy atom. The minimum atomic E-state index is -3.70. The van der Waals surface area contributed by atoms with Gasteiger partial charge in [-0.1, -0.05) is 5.10 Å². The van der Waals surface area contributed by atoms with Crippen molar-refractivity contribution in [3.63, 3.8) is 0 Å². The van der Waals surface area contributed by atoms with E-state index >= 15 is 0 Å². The lowest BCUT2D eigenvalue weighted by Gasteiger charge is -2.04. The number of aromatic nitrogens is 2. The van der Waals surface area contributed by atoms with Crippen LogP contribution in [0.3, 0.4) is 0 Å². The van der Waals surface area contributed by atoms with Crippen molar-refractivity contribution in [2.45, 2.75) is 11.3 Å². The number of sulfone groups is 1. The number of amides is 1. The molecule has 8 nitrogen and oxygen atoms in total. The van der Waals surface area contributed by atoms with Crippen LogP contribution < -0.4 is 5.32 Å². The fraction of sp³-hybridized carbons (Fsp3) is 0.133. The number of furan rings is 1. The molecule has 0 aliphatic rings. The lowest BCUT2D eigenvalue weighted by molar-refractivity contribution is -0.115. The number of nitrogens with zero attached hydrogens (tertiary/aromatic N) is 2. The van der Waals surface area contributed by atoms with Gasteiger partial charge in [-0.15, -0.1) is 5.10 Å². The smallest absolute Gasteiger partial charge is 0.322 e. The molecule has 2 aromatic heterocycles. The molecule has 3 rings (SSSR count). The van der Waals surface area contributed by atoms with Gasteiger partial charge in [0.05, 0.1) is 16.9 Å². The molecule has 0 unspecified atom stereocenters. The van der Waals surface area contributed by atoms with Crippen molar-refractivity contribution in [1.29, 1.82) is 0 Å². The summed E-state index contributed by atoms with van der Waals surface area (Å²) in [4.78, 5) is 11.8. The summed E-state index contributed by atoms with van der Waals surface area (Å²) in [5.41, 5.74) is 0. The predicted octanol–water partition coefficient (Wildman–Crippen LogP) is 2.27. The van der Waals surface area contributed by atoms with Gasteiger partial charge in [-0.2, -0.15) is 0 Å². The minimum Gasteiger partial charge on any atom is -0.459 e. The van der Waals surface area contributed by atoms with E-state index in [4.69, 9.17) is 8.83 Å². The summed E-state index contributed by atoms with van der Waals surface area (Å²) in [5.74, 6) is -1.17. The molecule has 0 radical (unpaired) electrons. The molecule has 3 aromatic rings. The van der Waals surface area contributed by atoms with E-state index in [1.807, 2.05) is 0 Å². The van der Waals surface area contributed by atoms with E-state index in [1.165, 1.54) is 6.26 Å². The Morgan fingerprint density at radius 1 is 1.16 bits per heavy atom. The Balaban J connectivity index is 1.58. The van der Waals surface area contributed by atoms with Crippen molar-refractivity contribution < 1.29 is 26.4 Å². The zero-order valence-corrected chi connectivity index (χ0v) is 13.5. The molecule has 130 valence electrons. The van der Waals surface area contributed by atoms with Crippen molar-refractivity contribution >= 4 is 21.8 Å². The number of nitrogens with one attached hydrogen (secondary N) is 1. The van der Waals surface area contributed by atoms with E-state index in [0.29, 0.717) is 5.76 Å². The Bertz CT molecular complexity index is 965. The van der Waals surface area contributed by atoms with Crippen molar-refractivity contribution in [3.8, 4) is 11.7 Å². The lowest BCUT2D eigenvalue weighted by atomic mass is 10.4. The summed E-state index contributed by atoms with van der Waals surface area (Å²) in [7, 11) is -3.70. The summed E-state index contributed by atoms with van der Waals surface area (Å²) in [6, 6.07) is 7.46. The molecule has 0 fully saturated rings. The van der Waals surface area contributed by atoms with Gasteiger partial charge in [0.25, 0.3) is 5.89 Å². The van der Waals surface area contributed by atoms with Crippen LogP contribution in [-0.2, 0) is 14.6 Å². The predicted molar refractivity (Wildman–Crippen MR) is 83.7 cm³/mol. The maximum atomic E-state index is 12.8. The number of halogens is 1. The molecule has 10 heteroatoms. The molecule has 0 aliphatic heterocycles. The average molecular weight is 365 g/mol. The van der Waals surface area contributed by atoms with Crippen LogP contribution >= 0.6 is 0 Å². The minimum absolute atomic E-state index is 0.0559. The SMILES string of the molecule is O=C(CCS(=O)(=O)c1ccc(F)cc1)Nc1nnc(-c2ccco2)o1. The van der Waals surface area contributed by atoms with Gasteiger partial charge in [0, 0.05) is 6.42 Å². The van der Waals surface area contributed by atoms with Gasteiger partial charge in [-0.25, -0.2) is 12.8 Å². The van der Waals surface area contributed by atoms with E-state index in [1.54, 1.807) is 12.1 Å². The van der Waals surface area contributed by atoms with Crippen molar-refractivity contribution in [2.75, 3.05) is 11.1 Å². The molecule has 0 atom stereocenters. The molecular weight excluding hydrogens is 353 g/mol. The van der Waals surface area contributed by atoms with Gasteiger partial charge in [-0.05, 0) is 36.4 Å². The second-order valence-electron chi connectivity index (χ2n) is 4.96. The number of anilines is 1. The summed E-state index contributed by atoms with van der Waals surface area (Å²) in [6.07, 6.45) is 1.11. The maximum Gasteiger partial charge on any atom is 0.322 e. The first kappa shape index (κ1) is 16.8. The van der Waals surface area contributed by atoms with E-state index in [-0.39, 0.29) is 23.2 Å². The van der Waals surface area contributed by atoms with Crippen LogP contribution in [0, 0.1) is 5.82 Å². The molecule has 1 amide bonds. The first-order chi connectivity index (χ1) is 11.9. The van der Waals surface area contributed by atoms with Crippen LogP contribution in [-0.4, -0.2) is 30.3 Å². The van der Waals surface area contributed by atoms with Crippen molar-refractivity contribution in [3.05, 3.63) is 48.5 Å². The van der Waals surface area contributed by atoms with E-state index in [9.17, 15) is 17.6 Å². The zero-order chi connectivity index (χ0) is 17.9. The maximum absolute atomic E-state index is 12.8. The highest BCUT2D eigenvalue weighted by Crippen LogP contribution is 2.20.